The lowest BCUT2D eigenvalue weighted by atomic mass is 10.3. The van der Waals surface area contributed by atoms with E-state index in [1.54, 1.807) is 12.1 Å². The normalized spacial score (nSPS) is 11.3. The molecule has 0 radical (unpaired) electrons. The molecule has 0 atom stereocenters. The minimum absolute atomic E-state index is 0.0361. The lowest BCUT2D eigenvalue weighted by Crippen LogP contribution is -1.96. The molecule has 0 N–H and O–H groups in total. The van der Waals surface area contributed by atoms with Crippen molar-refractivity contribution >= 4 is 35.7 Å². The first-order valence-electron chi connectivity index (χ1n) is 3.24. The van der Waals surface area contributed by atoms with Gasteiger partial charge in [0.1, 0.15) is 4.90 Å². The third kappa shape index (κ3) is 2.36. The second-order valence-corrected chi connectivity index (χ2v) is 5.60. The zero-order valence-corrected chi connectivity index (χ0v) is 9.78. The molecular formula is C7H6BrClO3S. The second-order valence-electron chi connectivity index (χ2n) is 2.21. The molecule has 1 aromatic carbocycles. The molecule has 0 saturated heterocycles. The van der Waals surface area contributed by atoms with E-state index in [4.69, 9.17) is 15.4 Å². The average molecular weight is 286 g/mol. The molecule has 0 fully saturated rings. The SMILES string of the molecule is COc1c(Br)cccc1S(=O)(=O)Cl. The van der Waals surface area contributed by atoms with Gasteiger partial charge in [-0.2, -0.15) is 0 Å². The van der Waals surface area contributed by atoms with Crippen LogP contribution in [0, 0.1) is 0 Å². The summed E-state index contributed by atoms with van der Waals surface area (Å²) in [5.41, 5.74) is 0. The summed E-state index contributed by atoms with van der Waals surface area (Å²) in [6.45, 7) is 0. The molecule has 6 heteroatoms. The van der Waals surface area contributed by atoms with E-state index in [1.165, 1.54) is 13.2 Å². The van der Waals surface area contributed by atoms with Crippen LogP contribution in [0.2, 0.25) is 0 Å². The van der Waals surface area contributed by atoms with Crippen LogP contribution in [-0.4, -0.2) is 15.5 Å². The maximum Gasteiger partial charge on any atom is 0.265 e. The summed E-state index contributed by atoms with van der Waals surface area (Å²) in [4.78, 5) is -0.0361. The van der Waals surface area contributed by atoms with E-state index in [0.717, 1.165) is 0 Å². The number of methoxy groups -OCH3 is 1. The van der Waals surface area contributed by atoms with Crippen LogP contribution in [0.1, 0.15) is 0 Å². The summed E-state index contributed by atoms with van der Waals surface area (Å²) < 4.78 is 27.5. The Balaban J connectivity index is 3.47. The molecule has 0 aliphatic rings. The van der Waals surface area contributed by atoms with Crippen molar-refractivity contribution in [1.29, 1.82) is 0 Å². The molecule has 0 aliphatic carbocycles. The lowest BCUT2D eigenvalue weighted by molar-refractivity contribution is 0.400. The van der Waals surface area contributed by atoms with Crippen molar-refractivity contribution in [1.82, 2.24) is 0 Å². The number of halogens is 2. The monoisotopic (exact) mass is 284 g/mol. The molecule has 1 aromatic rings. The van der Waals surface area contributed by atoms with Gasteiger partial charge in [0, 0.05) is 10.7 Å². The first-order chi connectivity index (χ1) is 5.96. The standard InChI is InChI=1S/C7H6BrClO3S/c1-12-7-5(8)3-2-4-6(7)13(9,10)11/h2-4H,1H3. The Hall–Kier alpha value is -0.260. The topological polar surface area (TPSA) is 43.4 Å². The molecule has 0 saturated carbocycles. The molecule has 13 heavy (non-hydrogen) atoms. The van der Waals surface area contributed by atoms with Crippen LogP contribution in [0.3, 0.4) is 0 Å². The highest BCUT2D eigenvalue weighted by molar-refractivity contribution is 9.10. The highest BCUT2D eigenvalue weighted by Gasteiger charge is 2.17. The van der Waals surface area contributed by atoms with Crippen LogP contribution in [0.5, 0.6) is 5.75 Å². The minimum atomic E-state index is -3.75. The van der Waals surface area contributed by atoms with Crippen molar-refractivity contribution in [3.63, 3.8) is 0 Å². The van der Waals surface area contributed by atoms with Gasteiger partial charge in [0.05, 0.1) is 11.6 Å². The van der Waals surface area contributed by atoms with Gasteiger partial charge in [-0.1, -0.05) is 6.07 Å². The summed E-state index contributed by atoms with van der Waals surface area (Å²) in [7, 11) is 2.82. The van der Waals surface area contributed by atoms with Crippen LogP contribution < -0.4 is 4.74 Å². The number of para-hydroxylation sites is 1. The Morgan fingerprint density at radius 2 is 2.08 bits per heavy atom. The van der Waals surface area contributed by atoms with E-state index in [2.05, 4.69) is 15.9 Å². The van der Waals surface area contributed by atoms with Gasteiger partial charge in [-0.25, -0.2) is 8.42 Å². The van der Waals surface area contributed by atoms with E-state index in [1.807, 2.05) is 0 Å². The third-order valence-corrected chi connectivity index (χ3v) is 3.37. The molecule has 3 nitrogen and oxygen atoms in total. The molecular weight excluding hydrogens is 279 g/mol. The molecule has 0 bridgehead atoms. The maximum absolute atomic E-state index is 11.0. The van der Waals surface area contributed by atoms with Gasteiger partial charge >= 0.3 is 0 Å². The second kappa shape index (κ2) is 3.86. The predicted molar refractivity (Wildman–Crippen MR) is 53.7 cm³/mol. The summed E-state index contributed by atoms with van der Waals surface area (Å²) in [5, 5.41) is 0. The molecule has 0 unspecified atom stereocenters. The molecule has 0 aliphatic heterocycles. The Morgan fingerprint density at radius 3 is 2.46 bits per heavy atom. The van der Waals surface area contributed by atoms with Gasteiger partial charge < -0.3 is 4.74 Å². The molecule has 0 aromatic heterocycles. The van der Waals surface area contributed by atoms with Crippen molar-refractivity contribution in [3.8, 4) is 5.75 Å². The number of hydrogen-bond donors (Lipinski definition) is 0. The van der Waals surface area contributed by atoms with Crippen molar-refractivity contribution in [2.45, 2.75) is 4.90 Å². The van der Waals surface area contributed by atoms with E-state index in [0.29, 0.717) is 4.47 Å². The lowest BCUT2D eigenvalue weighted by Gasteiger charge is -2.06. The molecule has 72 valence electrons. The average Bonchev–Trinajstić information content (AvgIpc) is 2.02. The van der Waals surface area contributed by atoms with Crippen molar-refractivity contribution < 1.29 is 13.2 Å². The fourth-order valence-electron chi connectivity index (χ4n) is 0.879. The first kappa shape index (κ1) is 10.8. The van der Waals surface area contributed by atoms with Gasteiger partial charge in [0.15, 0.2) is 5.75 Å². The minimum Gasteiger partial charge on any atom is -0.494 e. The van der Waals surface area contributed by atoms with Crippen LogP contribution in [0.25, 0.3) is 0 Å². The molecule has 0 spiro atoms. The highest BCUT2D eigenvalue weighted by atomic mass is 79.9. The summed E-state index contributed by atoms with van der Waals surface area (Å²) >= 11 is 3.15. The number of rotatable bonds is 2. The molecule has 0 amide bonds. The van der Waals surface area contributed by atoms with Crippen molar-refractivity contribution in [2.24, 2.45) is 0 Å². The third-order valence-electron chi connectivity index (χ3n) is 1.40. The van der Waals surface area contributed by atoms with Crippen molar-refractivity contribution in [2.75, 3.05) is 7.11 Å². The Kier molecular flexibility index (Phi) is 3.21. The number of ether oxygens (including phenoxy) is 1. The van der Waals surface area contributed by atoms with Crippen molar-refractivity contribution in [3.05, 3.63) is 22.7 Å². The van der Waals surface area contributed by atoms with E-state index in [-0.39, 0.29) is 10.6 Å². The Morgan fingerprint density at radius 1 is 1.46 bits per heavy atom. The highest BCUT2D eigenvalue weighted by Crippen LogP contribution is 2.33. The zero-order valence-electron chi connectivity index (χ0n) is 6.62. The van der Waals surface area contributed by atoms with Crippen LogP contribution >= 0.6 is 26.6 Å². The van der Waals surface area contributed by atoms with Gasteiger partial charge in [0.25, 0.3) is 9.05 Å². The Labute approximate surface area is 89.2 Å². The van der Waals surface area contributed by atoms with Gasteiger partial charge in [-0.3, -0.25) is 0 Å². The smallest absolute Gasteiger partial charge is 0.265 e. The molecule has 0 heterocycles. The maximum atomic E-state index is 11.0. The fourth-order valence-corrected chi connectivity index (χ4v) is 2.56. The van der Waals surface area contributed by atoms with Crippen LogP contribution in [-0.2, 0) is 9.05 Å². The van der Waals surface area contributed by atoms with Crippen LogP contribution in [0.15, 0.2) is 27.6 Å². The van der Waals surface area contributed by atoms with E-state index in [9.17, 15) is 8.42 Å². The van der Waals surface area contributed by atoms with Gasteiger partial charge in [-0.05, 0) is 28.1 Å². The first-order valence-corrected chi connectivity index (χ1v) is 6.34. The summed E-state index contributed by atoms with van der Waals surface area (Å²) in [5.74, 6) is 0.220. The fraction of sp³-hybridized carbons (Fsp3) is 0.143. The molecule has 1 rings (SSSR count). The quantitative estimate of drug-likeness (QED) is 0.784. The zero-order chi connectivity index (χ0) is 10.1. The van der Waals surface area contributed by atoms with E-state index >= 15 is 0 Å². The Bertz CT molecular complexity index is 416. The van der Waals surface area contributed by atoms with E-state index < -0.39 is 9.05 Å². The van der Waals surface area contributed by atoms with Gasteiger partial charge in [-0.15, -0.1) is 0 Å². The van der Waals surface area contributed by atoms with Gasteiger partial charge in [0.2, 0.25) is 0 Å². The number of hydrogen-bond acceptors (Lipinski definition) is 3. The van der Waals surface area contributed by atoms with Crippen LogP contribution in [0.4, 0.5) is 0 Å². The largest absolute Gasteiger partial charge is 0.494 e. The summed E-state index contributed by atoms with van der Waals surface area (Å²) in [6, 6.07) is 4.62. The predicted octanol–water partition coefficient (Wildman–Crippen LogP) is 2.39. The number of benzene rings is 1. The summed E-state index contributed by atoms with van der Waals surface area (Å²) in [6.07, 6.45) is 0.